The van der Waals surface area contributed by atoms with Crippen molar-refractivity contribution in [2.24, 2.45) is 5.92 Å². The molecular weight excluding hydrogens is 224 g/mol. The molecule has 1 rings (SSSR count). The minimum absolute atomic E-state index is 0.113. The van der Waals surface area contributed by atoms with Crippen molar-refractivity contribution < 1.29 is 4.79 Å². The van der Waals surface area contributed by atoms with Crippen LogP contribution in [0.2, 0.25) is 0 Å². The van der Waals surface area contributed by atoms with Crippen LogP contribution in [0.4, 0.5) is 10.5 Å². The van der Waals surface area contributed by atoms with Crippen LogP contribution in [0.1, 0.15) is 39.5 Å². The van der Waals surface area contributed by atoms with Gasteiger partial charge in [0.1, 0.15) is 0 Å². The van der Waals surface area contributed by atoms with Gasteiger partial charge in [-0.25, -0.2) is 4.79 Å². The standard InChI is InChI=1S/C15H24N2O/c1-3-8-13(9-4-2)12-16-15(18)17-14-10-6-5-7-11-14/h5-7,10-11,13H,3-4,8-9,12H2,1-2H3,(H2,16,17,18). The number of hydrogen-bond acceptors (Lipinski definition) is 1. The smallest absolute Gasteiger partial charge is 0.319 e. The minimum atomic E-state index is -0.113. The number of carbonyl (C=O) groups excluding carboxylic acids is 1. The maximum atomic E-state index is 11.7. The van der Waals surface area contributed by atoms with Crippen LogP contribution in [0.5, 0.6) is 0 Å². The largest absolute Gasteiger partial charge is 0.338 e. The van der Waals surface area contributed by atoms with Crippen LogP contribution >= 0.6 is 0 Å². The molecule has 0 aromatic heterocycles. The van der Waals surface area contributed by atoms with Crippen molar-refractivity contribution in [1.82, 2.24) is 5.32 Å². The molecule has 0 aliphatic carbocycles. The van der Waals surface area contributed by atoms with Crippen LogP contribution in [0.3, 0.4) is 0 Å². The Labute approximate surface area is 110 Å². The topological polar surface area (TPSA) is 41.1 Å². The van der Waals surface area contributed by atoms with Crippen LogP contribution in [0, 0.1) is 5.92 Å². The first-order valence-electron chi connectivity index (χ1n) is 6.86. The summed E-state index contributed by atoms with van der Waals surface area (Å²) in [6.45, 7) is 5.14. The Morgan fingerprint density at radius 1 is 1.11 bits per heavy atom. The van der Waals surface area contributed by atoms with Crippen LogP contribution in [0.15, 0.2) is 30.3 Å². The summed E-state index contributed by atoms with van der Waals surface area (Å²) in [7, 11) is 0. The van der Waals surface area contributed by atoms with E-state index in [9.17, 15) is 4.79 Å². The lowest BCUT2D eigenvalue weighted by Gasteiger charge is -2.16. The van der Waals surface area contributed by atoms with E-state index in [1.807, 2.05) is 30.3 Å². The molecule has 0 aliphatic rings. The van der Waals surface area contributed by atoms with Crippen molar-refractivity contribution in [3.63, 3.8) is 0 Å². The van der Waals surface area contributed by atoms with Gasteiger partial charge in [0, 0.05) is 12.2 Å². The highest BCUT2D eigenvalue weighted by Crippen LogP contribution is 2.12. The van der Waals surface area contributed by atoms with Crippen LogP contribution in [-0.4, -0.2) is 12.6 Å². The molecule has 2 amide bonds. The highest BCUT2D eigenvalue weighted by atomic mass is 16.2. The molecule has 0 bridgehead atoms. The third kappa shape index (κ3) is 5.71. The molecular formula is C15H24N2O. The molecule has 0 heterocycles. The van der Waals surface area contributed by atoms with Gasteiger partial charge in [-0.1, -0.05) is 44.9 Å². The van der Waals surface area contributed by atoms with Gasteiger partial charge in [0.05, 0.1) is 0 Å². The van der Waals surface area contributed by atoms with Crippen molar-refractivity contribution in [3.8, 4) is 0 Å². The third-order valence-corrected chi connectivity index (χ3v) is 2.98. The number of para-hydroxylation sites is 1. The Kier molecular flexibility index (Phi) is 6.92. The maximum absolute atomic E-state index is 11.7. The molecule has 3 nitrogen and oxygen atoms in total. The second kappa shape index (κ2) is 8.56. The number of amides is 2. The Hall–Kier alpha value is -1.51. The van der Waals surface area contributed by atoms with Gasteiger partial charge in [0.2, 0.25) is 0 Å². The van der Waals surface area contributed by atoms with Gasteiger partial charge in [0.25, 0.3) is 0 Å². The lowest BCUT2D eigenvalue weighted by molar-refractivity contribution is 0.249. The Morgan fingerprint density at radius 3 is 2.28 bits per heavy atom. The summed E-state index contributed by atoms with van der Waals surface area (Å²) in [6, 6.07) is 9.41. The number of nitrogens with one attached hydrogen (secondary N) is 2. The van der Waals surface area contributed by atoms with Gasteiger partial charge >= 0.3 is 6.03 Å². The van der Waals surface area contributed by atoms with Crippen LogP contribution in [-0.2, 0) is 0 Å². The summed E-state index contributed by atoms with van der Waals surface area (Å²) >= 11 is 0. The fraction of sp³-hybridized carbons (Fsp3) is 0.533. The summed E-state index contributed by atoms with van der Waals surface area (Å²) < 4.78 is 0. The fourth-order valence-electron chi connectivity index (χ4n) is 2.10. The Bertz CT molecular complexity index is 332. The first kappa shape index (κ1) is 14.6. The van der Waals surface area contributed by atoms with Crippen molar-refractivity contribution >= 4 is 11.7 Å². The second-order valence-electron chi connectivity index (χ2n) is 4.64. The zero-order valence-corrected chi connectivity index (χ0v) is 11.4. The number of hydrogen-bond donors (Lipinski definition) is 2. The highest BCUT2D eigenvalue weighted by Gasteiger charge is 2.08. The molecule has 0 spiro atoms. The Balaban J connectivity index is 2.31. The van der Waals surface area contributed by atoms with E-state index >= 15 is 0 Å². The number of benzene rings is 1. The van der Waals surface area contributed by atoms with Crippen LogP contribution in [0.25, 0.3) is 0 Å². The quantitative estimate of drug-likeness (QED) is 0.751. The molecule has 2 N–H and O–H groups in total. The van der Waals surface area contributed by atoms with Crippen LogP contribution < -0.4 is 10.6 Å². The van der Waals surface area contributed by atoms with E-state index in [2.05, 4.69) is 24.5 Å². The molecule has 100 valence electrons. The summed E-state index contributed by atoms with van der Waals surface area (Å²) in [4.78, 5) is 11.7. The molecule has 0 saturated carbocycles. The number of urea groups is 1. The summed E-state index contributed by atoms with van der Waals surface area (Å²) in [6.07, 6.45) is 4.71. The summed E-state index contributed by atoms with van der Waals surface area (Å²) in [5, 5.41) is 5.78. The average molecular weight is 248 g/mol. The van der Waals surface area contributed by atoms with Crippen molar-refractivity contribution in [2.45, 2.75) is 39.5 Å². The predicted octanol–water partition coefficient (Wildman–Crippen LogP) is 4.02. The van der Waals surface area contributed by atoms with Gasteiger partial charge in [-0.3, -0.25) is 0 Å². The highest BCUT2D eigenvalue weighted by molar-refractivity contribution is 5.89. The van der Waals surface area contributed by atoms with E-state index in [-0.39, 0.29) is 6.03 Å². The van der Waals surface area contributed by atoms with Gasteiger partial charge in [-0.05, 0) is 30.9 Å². The lowest BCUT2D eigenvalue weighted by atomic mass is 9.98. The van der Waals surface area contributed by atoms with E-state index in [1.165, 1.54) is 25.7 Å². The summed E-state index contributed by atoms with van der Waals surface area (Å²) in [5.41, 5.74) is 0.831. The predicted molar refractivity (Wildman–Crippen MR) is 76.8 cm³/mol. The molecule has 0 atom stereocenters. The number of carbonyl (C=O) groups is 1. The number of rotatable bonds is 7. The van der Waals surface area contributed by atoms with Gasteiger partial charge in [-0.15, -0.1) is 0 Å². The minimum Gasteiger partial charge on any atom is -0.338 e. The summed E-state index contributed by atoms with van der Waals surface area (Å²) in [5.74, 6) is 0.599. The van der Waals surface area contributed by atoms with E-state index in [4.69, 9.17) is 0 Å². The number of anilines is 1. The normalized spacial score (nSPS) is 10.4. The zero-order chi connectivity index (χ0) is 13.2. The Morgan fingerprint density at radius 2 is 1.72 bits per heavy atom. The van der Waals surface area contributed by atoms with Gasteiger partial charge in [0.15, 0.2) is 0 Å². The van der Waals surface area contributed by atoms with Crippen molar-refractivity contribution in [1.29, 1.82) is 0 Å². The van der Waals surface area contributed by atoms with Crippen molar-refractivity contribution in [3.05, 3.63) is 30.3 Å². The molecule has 18 heavy (non-hydrogen) atoms. The fourth-order valence-corrected chi connectivity index (χ4v) is 2.10. The molecule has 1 aromatic carbocycles. The molecule has 0 aliphatic heterocycles. The lowest BCUT2D eigenvalue weighted by Crippen LogP contribution is -2.33. The molecule has 1 aromatic rings. The third-order valence-electron chi connectivity index (χ3n) is 2.98. The first-order chi connectivity index (χ1) is 8.76. The maximum Gasteiger partial charge on any atom is 0.319 e. The van der Waals surface area contributed by atoms with E-state index < -0.39 is 0 Å². The SMILES string of the molecule is CCCC(CCC)CNC(=O)Nc1ccccc1. The first-order valence-corrected chi connectivity index (χ1v) is 6.86. The van der Waals surface area contributed by atoms with Crippen molar-refractivity contribution in [2.75, 3.05) is 11.9 Å². The van der Waals surface area contributed by atoms with E-state index in [0.717, 1.165) is 12.2 Å². The van der Waals surface area contributed by atoms with E-state index in [1.54, 1.807) is 0 Å². The van der Waals surface area contributed by atoms with Gasteiger partial charge in [-0.2, -0.15) is 0 Å². The van der Waals surface area contributed by atoms with Gasteiger partial charge < -0.3 is 10.6 Å². The molecule has 0 radical (unpaired) electrons. The monoisotopic (exact) mass is 248 g/mol. The zero-order valence-electron chi connectivity index (χ0n) is 11.4. The molecule has 0 fully saturated rings. The second-order valence-corrected chi connectivity index (χ2v) is 4.64. The molecule has 3 heteroatoms. The molecule has 0 saturated heterocycles. The van der Waals surface area contributed by atoms with E-state index in [0.29, 0.717) is 5.92 Å². The average Bonchev–Trinajstić information content (AvgIpc) is 2.38. The molecule has 0 unspecified atom stereocenters.